The Balaban J connectivity index is 2.23. The van der Waals surface area contributed by atoms with Gasteiger partial charge in [0.2, 0.25) is 0 Å². The molecule has 2 rings (SSSR count). The average Bonchev–Trinajstić information content (AvgIpc) is 2.05. The minimum atomic E-state index is 0.786. The van der Waals surface area contributed by atoms with Crippen molar-refractivity contribution in [3.63, 3.8) is 0 Å². The first-order chi connectivity index (χ1) is 4.97. The fourth-order valence-electron chi connectivity index (χ4n) is 1.17. The van der Waals surface area contributed by atoms with E-state index in [9.17, 15) is 0 Å². The second-order valence-corrected chi connectivity index (χ2v) is 2.40. The normalized spacial score (nSPS) is 23.2. The highest BCUT2D eigenvalue weighted by Crippen LogP contribution is 2.17. The number of hydrogen-bond acceptors (Lipinski definition) is 3. The minimum absolute atomic E-state index is 0.786. The maximum atomic E-state index is 5.39. The zero-order valence-electron chi connectivity index (χ0n) is 5.76. The van der Waals surface area contributed by atoms with Crippen LogP contribution in [0.3, 0.4) is 0 Å². The lowest BCUT2D eigenvalue weighted by atomic mass is 10.2. The molecule has 0 amide bonds. The average molecular weight is 138 g/mol. The van der Waals surface area contributed by atoms with E-state index in [0.717, 1.165) is 37.6 Å². The molecule has 0 aromatic carbocycles. The summed E-state index contributed by atoms with van der Waals surface area (Å²) in [6.45, 7) is 1.67. The Bertz CT molecular complexity index is 196. The number of nitrogens with one attached hydrogen (secondary N) is 1. The Labute approximate surface area is 59.8 Å². The van der Waals surface area contributed by atoms with Gasteiger partial charge in [0, 0.05) is 12.6 Å². The molecule has 0 radical (unpaired) electrons. The molecule has 2 heterocycles. The van der Waals surface area contributed by atoms with Crippen LogP contribution in [0.1, 0.15) is 12.8 Å². The molecule has 0 saturated heterocycles. The van der Waals surface area contributed by atoms with Gasteiger partial charge in [0.05, 0.1) is 6.54 Å². The number of rotatable bonds is 0. The molecular formula is C7H10N2O. The molecule has 0 saturated carbocycles. The predicted octanol–water partition coefficient (Wildman–Crippen LogP) is 0.640. The van der Waals surface area contributed by atoms with Crippen LogP contribution in [0.2, 0.25) is 0 Å². The van der Waals surface area contributed by atoms with Crippen LogP contribution >= 0.6 is 0 Å². The van der Waals surface area contributed by atoms with E-state index in [1.165, 1.54) is 0 Å². The highest BCUT2D eigenvalue weighted by atomic mass is 16.5. The third-order valence-corrected chi connectivity index (χ3v) is 1.66. The molecule has 0 fully saturated rings. The van der Waals surface area contributed by atoms with Crippen LogP contribution in [0.15, 0.2) is 16.6 Å². The second kappa shape index (κ2) is 2.33. The summed E-state index contributed by atoms with van der Waals surface area (Å²) in [6.07, 6.45) is 3.95. The van der Waals surface area contributed by atoms with Crippen LogP contribution in [-0.4, -0.2) is 19.4 Å². The maximum absolute atomic E-state index is 5.39. The van der Waals surface area contributed by atoms with Crippen LogP contribution in [0.25, 0.3) is 0 Å². The molecule has 3 heteroatoms. The van der Waals surface area contributed by atoms with Gasteiger partial charge in [-0.25, -0.2) is 4.99 Å². The number of nitrogens with zero attached hydrogens (tertiary/aromatic N) is 1. The van der Waals surface area contributed by atoms with E-state index in [-0.39, 0.29) is 0 Å². The number of ether oxygens (including phenoxy) is 1. The molecule has 0 bridgehead atoms. The van der Waals surface area contributed by atoms with Crippen molar-refractivity contribution in [1.82, 2.24) is 5.32 Å². The van der Waals surface area contributed by atoms with E-state index in [0.29, 0.717) is 0 Å². The Hall–Kier alpha value is -0.990. The third-order valence-electron chi connectivity index (χ3n) is 1.66. The first-order valence-corrected chi connectivity index (χ1v) is 3.59. The molecule has 0 atom stereocenters. The number of allylic oxidation sites excluding steroid dienone is 1. The number of aliphatic imine (C=N–C) groups is 1. The fourth-order valence-corrected chi connectivity index (χ4v) is 1.17. The smallest absolute Gasteiger partial charge is 0.164 e. The van der Waals surface area contributed by atoms with Gasteiger partial charge in [-0.3, -0.25) is 0 Å². The van der Waals surface area contributed by atoms with Crippen molar-refractivity contribution in [2.75, 3.05) is 13.2 Å². The lowest BCUT2D eigenvalue weighted by molar-refractivity contribution is 0.180. The summed E-state index contributed by atoms with van der Waals surface area (Å²) in [5, 5.41) is 3.18. The lowest BCUT2D eigenvalue weighted by Gasteiger charge is -2.21. The van der Waals surface area contributed by atoms with E-state index >= 15 is 0 Å². The molecule has 54 valence electrons. The topological polar surface area (TPSA) is 33.6 Å². The van der Waals surface area contributed by atoms with Crippen molar-refractivity contribution in [2.45, 2.75) is 12.8 Å². The van der Waals surface area contributed by atoms with E-state index in [1.807, 2.05) is 6.21 Å². The molecule has 3 nitrogen and oxygen atoms in total. The van der Waals surface area contributed by atoms with Gasteiger partial charge in [-0.15, -0.1) is 0 Å². The van der Waals surface area contributed by atoms with E-state index in [4.69, 9.17) is 4.74 Å². The third kappa shape index (κ3) is 0.875. The van der Waals surface area contributed by atoms with E-state index < -0.39 is 0 Å². The van der Waals surface area contributed by atoms with Crippen molar-refractivity contribution < 1.29 is 4.74 Å². The van der Waals surface area contributed by atoms with Gasteiger partial charge in [-0.2, -0.15) is 0 Å². The highest BCUT2D eigenvalue weighted by molar-refractivity contribution is 5.61. The first-order valence-electron chi connectivity index (χ1n) is 3.59. The van der Waals surface area contributed by atoms with Gasteiger partial charge in [0.25, 0.3) is 0 Å². The van der Waals surface area contributed by atoms with Crippen LogP contribution < -0.4 is 5.32 Å². The summed E-state index contributed by atoms with van der Waals surface area (Å²) < 4.78 is 5.39. The number of hydrogen-bond donors (Lipinski definition) is 1. The Kier molecular flexibility index (Phi) is 1.34. The van der Waals surface area contributed by atoms with Crippen LogP contribution in [0.5, 0.6) is 0 Å². The Morgan fingerprint density at radius 3 is 3.50 bits per heavy atom. The molecule has 0 unspecified atom stereocenters. The zero-order valence-corrected chi connectivity index (χ0v) is 5.76. The van der Waals surface area contributed by atoms with Gasteiger partial charge in [0.1, 0.15) is 12.4 Å². The Morgan fingerprint density at radius 2 is 2.60 bits per heavy atom. The molecule has 1 N–H and O–H groups in total. The zero-order chi connectivity index (χ0) is 6.81. The second-order valence-electron chi connectivity index (χ2n) is 2.40. The molecule has 2 aliphatic heterocycles. The van der Waals surface area contributed by atoms with Crippen LogP contribution in [-0.2, 0) is 4.74 Å². The quantitative estimate of drug-likeness (QED) is 0.533. The Morgan fingerprint density at radius 1 is 1.60 bits per heavy atom. The first kappa shape index (κ1) is 5.77. The van der Waals surface area contributed by atoms with Gasteiger partial charge < -0.3 is 10.1 Å². The van der Waals surface area contributed by atoms with Crippen molar-refractivity contribution in [2.24, 2.45) is 4.99 Å². The molecular weight excluding hydrogens is 128 g/mol. The highest BCUT2D eigenvalue weighted by Gasteiger charge is 2.13. The minimum Gasteiger partial charge on any atom is -0.492 e. The molecule has 10 heavy (non-hydrogen) atoms. The van der Waals surface area contributed by atoms with Gasteiger partial charge >= 0.3 is 0 Å². The largest absolute Gasteiger partial charge is 0.492 e. The van der Waals surface area contributed by atoms with Gasteiger partial charge in [0.15, 0.2) is 5.82 Å². The maximum Gasteiger partial charge on any atom is 0.164 e. The summed E-state index contributed by atoms with van der Waals surface area (Å²) in [7, 11) is 0. The lowest BCUT2D eigenvalue weighted by Crippen LogP contribution is -2.27. The fraction of sp³-hybridized carbons (Fsp3) is 0.571. The summed E-state index contributed by atoms with van der Waals surface area (Å²) in [6, 6.07) is 0. The van der Waals surface area contributed by atoms with Crippen molar-refractivity contribution >= 4 is 6.21 Å². The van der Waals surface area contributed by atoms with Crippen molar-refractivity contribution in [1.29, 1.82) is 0 Å². The van der Waals surface area contributed by atoms with Gasteiger partial charge in [-0.1, -0.05) is 0 Å². The van der Waals surface area contributed by atoms with Crippen molar-refractivity contribution in [3.8, 4) is 0 Å². The standard InChI is InChI=1S/C7H10N2O/c1-2-6-7(8-3-1)9-4-5-10-6/h3,9H,1-2,4-5H2. The predicted molar refractivity (Wildman–Crippen MR) is 38.7 cm³/mol. The molecule has 2 aliphatic rings. The van der Waals surface area contributed by atoms with E-state index in [2.05, 4.69) is 10.3 Å². The van der Waals surface area contributed by atoms with Crippen LogP contribution in [0.4, 0.5) is 0 Å². The van der Waals surface area contributed by atoms with Crippen molar-refractivity contribution in [3.05, 3.63) is 11.6 Å². The SMILES string of the molecule is C1=NC2=C(CC1)OCCN2. The summed E-state index contributed by atoms with van der Waals surface area (Å²) >= 11 is 0. The summed E-state index contributed by atoms with van der Waals surface area (Å²) in [4.78, 5) is 4.17. The molecule has 0 aromatic heterocycles. The van der Waals surface area contributed by atoms with Gasteiger partial charge in [-0.05, 0) is 6.42 Å². The summed E-state index contributed by atoms with van der Waals surface area (Å²) in [5.74, 6) is 1.98. The summed E-state index contributed by atoms with van der Waals surface area (Å²) in [5.41, 5.74) is 0. The molecule has 0 aromatic rings. The monoisotopic (exact) mass is 138 g/mol. The van der Waals surface area contributed by atoms with Crippen LogP contribution in [0, 0.1) is 0 Å². The molecule has 0 aliphatic carbocycles. The van der Waals surface area contributed by atoms with E-state index in [1.54, 1.807) is 0 Å². The molecule has 0 spiro atoms.